The summed E-state index contributed by atoms with van der Waals surface area (Å²) in [4.78, 5) is 14.5. The summed E-state index contributed by atoms with van der Waals surface area (Å²) in [6.07, 6.45) is 3.35. The van der Waals surface area contributed by atoms with Crippen LogP contribution >= 0.6 is 27.5 Å². The van der Waals surface area contributed by atoms with E-state index in [2.05, 4.69) is 15.9 Å². The number of piperidine rings is 1. The van der Waals surface area contributed by atoms with Gasteiger partial charge in [0.1, 0.15) is 0 Å². The minimum Gasteiger partial charge on any atom is -0.335 e. The van der Waals surface area contributed by atoms with Crippen molar-refractivity contribution in [2.45, 2.75) is 32.2 Å². The summed E-state index contributed by atoms with van der Waals surface area (Å²) in [5, 5.41) is 1.42. The van der Waals surface area contributed by atoms with E-state index in [1.165, 1.54) is 6.42 Å². The number of hydrogen-bond donors (Lipinski definition) is 0. The van der Waals surface area contributed by atoms with Crippen molar-refractivity contribution in [3.8, 4) is 0 Å². The van der Waals surface area contributed by atoms with Gasteiger partial charge in [-0.2, -0.15) is 0 Å². The van der Waals surface area contributed by atoms with Gasteiger partial charge in [-0.15, -0.1) is 0 Å². The van der Waals surface area contributed by atoms with Crippen molar-refractivity contribution in [1.29, 1.82) is 0 Å². The van der Waals surface area contributed by atoms with Gasteiger partial charge in [0.2, 0.25) is 0 Å². The average molecular weight is 331 g/mol. The number of carbonyl (C=O) groups excluding carboxylic acids is 1. The van der Waals surface area contributed by atoms with Crippen LogP contribution in [0.15, 0.2) is 18.2 Å². The normalized spacial score (nSPS) is 19.9. The summed E-state index contributed by atoms with van der Waals surface area (Å²) < 4.78 is 0. The molecule has 98 valence electrons. The highest BCUT2D eigenvalue weighted by molar-refractivity contribution is 9.09. The lowest BCUT2D eigenvalue weighted by atomic mass is 10.0. The largest absolute Gasteiger partial charge is 0.335 e. The quantitative estimate of drug-likeness (QED) is 0.750. The Balaban J connectivity index is 2.27. The number of aryl methyl sites for hydroxylation is 1. The summed E-state index contributed by atoms with van der Waals surface area (Å²) in [7, 11) is 0. The third-order valence-corrected chi connectivity index (χ3v) is 4.74. The Bertz CT molecular complexity index is 449. The predicted octanol–water partition coefficient (Wildman–Crippen LogP) is 4.04. The molecule has 1 amide bonds. The van der Waals surface area contributed by atoms with Crippen LogP contribution in [0.25, 0.3) is 0 Å². The zero-order valence-electron chi connectivity index (χ0n) is 10.5. The van der Waals surface area contributed by atoms with Crippen LogP contribution < -0.4 is 0 Å². The molecule has 0 N–H and O–H groups in total. The molecule has 0 aliphatic carbocycles. The van der Waals surface area contributed by atoms with Crippen LogP contribution in [0.5, 0.6) is 0 Å². The van der Waals surface area contributed by atoms with E-state index < -0.39 is 0 Å². The Hall–Kier alpha value is -0.540. The summed E-state index contributed by atoms with van der Waals surface area (Å²) >= 11 is 9.74. The Morgan fingerprint density at radius 3 is 3.00 bits per heavy atom. The molecule has 0 spiro atoms. The highest BCUT2D eigenvalue weighted by atomic mass is 79.9. The number of rotatable bonds is 2. The molecule has 4 heteroatoms. The number of amides is 1. The number of halogens is 2. The van der Waals surface area contributed by atoms with Crippen LogP contribution in [0.4, 0.5) is 0 Å². The molecule has 0 radical (unpaired) electrons. The molecule has 0 bridgehead atoms. The van der Waals surface area contributed by atoms with E-state index >= 15 is 0 Å². The molecule has 2 rings (SSSR count). The fourth-order valence-electron chi connectivity index (χ4n) is 2.40. The van der Waals surface area contributed by atoms with Gasteiger partial charge in [-0.1, -0.05) is 39.7 Å². The van der Waals surface area contributed by atoms with E-state index in [4.69, 9.17) is 11.6 Å². The van der Waals surface area contributed by atoms with Gasteiger partial charge >= 0.3 is 0 Å². The second-order valence-electron chi connectivity index (χ2n) is 4.74. The number of hydrogen-bond acceptors (Lipinski definition) is 1. The summed E-state index contributed by atoms with van der Waals surface area (Å²) in [6.45, 7) is 2.76. The highest BCUT2D eigenvalue weighted by Gasteiger charge is 2.27. The minimum absolute atomic E-state index is 0.0628. The van der Waals surface area contributed by atoms with Crippen LogP contribution in [0.3, 0.4) is 0 Å². The van der Waals surface area contributed by atoms with Gasteiger partial charge in [-0.3, -0.25) is 4.79 Å². The first-order chi connectivity index (χ1) is 8.65. The standard InChI is InChI=1S/C14H17BrClNO/c1-10-5-4-7-12(13(10)16)14(18)17-8-3-2-6-11(17)9-15/h4-5,7,11H,2-3,6,8-9H2,1H3. The molecule has 1 heterocycles. The monoisotopic (exact) mass is 329 g/mol. The van der Waals surface area contributed by atoms with Crippen molar-refractivity contribution in [2.75, 3.05) is 11.9 Å². The lowest BCUT2D eigenvalue weighted by Crippen LogP contribution is -2.44. The molecule has 1 aromatic carbocycles. The number of benzene rings is 1. The van der Waals surface area contributed by atoms with Crippen LogP contribution in [-0.4, -0.2) is 28.7 Å². The molecule has 1 aliphatic heterocycles. The zero-order chi connectivity index (χ0) is 13.1. The van der Waals surface area contributed by atoms with Crippen molar-refractivity contribution >= 4 is 33.4 Å². The number of alkyl halides is 1. The minimum atomic E-state index is 0.0628. The van der Waals surface area contributed by atoms with E-state index in [0.29, 0.717) is 16.6 Å². The Morgan fingerprint density at radius 2 is 2.28 bits per heavy atom. The van der Waals surface area contributed by atoms with Gasteiger partial charge in [0.05, 0.1) is 10.6 Å². The maximum atomic E-state index is 12.6. The van der Waals surface area contributed by atoms with Crippen molar-refractivity contribution < 1.29 is 4.79 Å². The fourth-order valence-corrected chi connectivity index (χ4v) is 3.28. The van der Waals surface area contributed by atoms with Gasteiger partial charge in [0.15, 0.2) is 0 Å². The average Bonchev–Trinajstić information content (AvgIpc) is 2.41. The number of likely N-dealkylation sites (tertiary alicyclic amines) is 1. The molecular weight excluding hydrogens is 314 g/mol. The molecule has 0 saturated carbocycles. The van der Waals surface area contributed by atoms with E-state index in [9.17, 15) is 4.79 Å². The maximum absolute atomic E-state index is 12.6. The van der Waals surface area contributed by atoms with Crippen molar-refractivity contribution in [3.63, 3.8) is 0 Å². The van der Waals surface area contributed by atoms with Crippen LogP contribution in [0.2, 0.25) is 5.02 Å². The van der Waals surface area contributed by atoms with E-state index in [0.717, 1.165) is 30.3 Å². The second-order valence-corrected chi connectivity index (χ2v) is 5.76. The van der Waals surface area contributed by atoms with Crippen molar-refractivity contribution in [2.24, 2.45) is 0 Å². The molecule has 0 aromatic heterocycles. The maximum Gasteiger partial charge on any atom is 0.255 e. The van der Waals surface area contributed by atoms with Crippen molar-refractivity contribution in [1.82, 2.24) is 4.90 Å². The lowest BCUT2D eigenvalue weighted by Gasteiger charge is -2.35. The third-order valence-electron chi connectivity index (χ3n) is 3.49. The lowest BCUT2D eigenvalue weighted by molar-refractivity contribution is 0.0642. The van der Waals surface area contributed by atoms with Crippen LogP contribution in [-0.2, 0) is 0 Å². The van der Waals surface area contributed by atoms with Crippen LogP contribution in [0, 0.1) is 6.92 Å². The van der Waals surface area contributed by atoms with Crippen LogP contribution in [0.1, 0.15) is 35.2 Å². The van der Waals surface area contributed by atoms with E-state index in [-0.39, 0.29) is 5.91 Å². The van der Waals surface area contributed by atoms with Gasteiger partial charge in [-0.05, 0) is 37.8 Å². The summed E-state index contributed by atoms with van der Waals surface area (Å²) in [5.41, 5.74) is 1.58. The Kier molecular flexibility index (Phi) is 4.68. The number of nitrogens with zero attached hydrogens (tertiary/aromatic N) is 1. The topological polar surface area (TPSA) is 20.3 Å². The zero-order valence-corrected chi connectivity index (χ0v) is 12.8. The first kappa shape index (κ1) is 13.9. The molecule has 18 heavy (non-hydrogen) atoms. The van der Waals surface area contributed by atoms with Gasteiger partial charge in [0, 0.05) is 17.9 Å². The molecular formula is C14H17BrClNO. The second kappa shape index (κ2) is 6.07. The van der Waals surface area contributed by atoms with Gasteiger partial charge < -0.3 is 4.90 Å². The smallest absolute Gasteiger partial charge is 0.255 e. The predicted molar refractivity (Wildman–Crippen MR) is 78.7 cm³/mol. The first-order valence-corrected chi connectivity index (χ1v) is 7.77. The molecule has 1 unspecified atom stereocenters. The Morgan fingerprint density at radius 1 is 1.50 bits per heavy atom. The first-order valence-electron chi connectivity index (χ1n) is 6.27. The molecule has 2 nitrogen and oxygen atoms in total. The highest BCUT2D eigenvalue weighted by Crippen LogP contribution is 2.26. The molecule has 1 fully saturated rings. The fraction of sp³-hybridized carbons (Fsp3) is 0.500. The Labute approximate surface area is 121 Å². The molecule has 1 aliphatic rings. The van der Waals surface area contributed by atoms with Crippen molar-refractivity contribution in [3.05, 3.63) is 34.3 Å². The summed E-state index contributed by atoms with van der Waals surface area (Å²) in [5.74, 6) is 0.0628. The van der Waals surface area contributed by atoms with E-state index in [1.807, 2.05) is 30.0 Å². The summed E-state index contributed by atoms with van der Waals surface area (Å²) in [6, 6.07) is 5.93. The molecule has 1 atom stereocenters. The molecule has 1 saturated heterocycles. The third kappa shape index (κ3) is 2.72. The van der Waals surface area contributed by atoms with E-state index in [1.54, 1.807) is 0 Å². The van der Waals surface area contributed by atoms with Gasteiger partial charge in [-0.25, -0.2) is 0 Å². The number of carbonyl (C=O) groups is 1. The van der Waals surface area contributed by atoms with Gasteiger partial charge in [0.25, 0.3) is 5.91 Å². The molecule has 1 aromatic rings. The SMILES string of the molecule is Cc1cccc(C(=O)N2CCCCC2CBr)c1Cl.